The van der Waals surface area contributed by atoms with Crippen LogP contribution in [0.3, 0.4) is 0 Å². The first-order chi connectivity index (χ1) is 18.6. The summed E-state index contributed by atoms with van der Waals surface area (Å²) in [5.41, 5.74) is 5.39. The minimum atomic E-state index is -1.08. The van der Waals surface area contributed by atoms with Crippen LogP contribution in [0.25, 0.3) is 22.2 Å². The number of nitrogens with zero attached hydrogens (tertiary/aromatic N) is 5. The monoisotopic (exact) mass is 531 g/mol. The molecule has 0 radical (unpaired) electrons. The van der Waals surface area contributed by atoms with Crippen LogP contribution in [0.15, 0.2) is 61.2 Å². The van der Waals surface area contributed by atoms with Gasteiger partial charge in [-0.25, -0.2) is 14.4 Å². The maximum absolute atomic E-state index is 13.6. The van der Waals surface area contributed by atoms with Crippen LogP contribution in [0.4, 0.5) is 27.4 Å². The Kier molecular flexibility index (Phi) is 8.15. The normalized spacial score (nSPS) is 11.1. The molecule has 4 aromatic rings. The van der Waals surface area contributed by atoms with Crippen molar-refractivity contribution in [1.29, 1.82) is 0 Å². The van der Waals surface area contributed by atoms with Crippen LogP contribution in [0.2, 0.25) is 0 Å². The third-order valence-electron chi connectivity index (χ3n) is 6.48. The van der Waals surface area contributed by atoms with Crippen molar-refractivity contribution in [2.75, 3.05) is 56.9 Å². The zero-order chi connectivity index (χ0) is 28.3. The highest BCUT2D eigenvalue weighted by Crippen LogP contribution is 2.38. The number of nitrogens with one attached hydrogen (secondary N) is 2. The lowest BCUT2D eigenvalue weighted by atomic mass is 10.1. The van der Waals surface area contributed by atoms with Gasteiger partial charge in [0.05, 0.1) is 29.9 Å². The molecule has 2 N–H and O–H groups in total. The molecule has 1 amide bonds. The minimum absolute atomic E-state index is 0.350. The molecular weight excluding hydrogens is 497 g/mol. The quantitative estimate of drug-likeness (QED) is 0.275. The Labute approximate surface area is 227 Å². The molecule has 204 valence electrons. The van der Waals surface area contributed by atoms with Crippen molar-refractivity contribution in [2.45, 2.75) is 6.92 Å². The summed E-state index contributed by atoms with van der Waals surface area (Å²) >= 11 is 0. The lowest BCUT2D eigenvalue weighted by Crippen LogP contribution is -2.29. The molecule has 0 saturated heterocycles. The van der Waals surface area contributed by atoms with Gasteiger partial charge >= 0.3 is 0 Å². The number of fused-ring (bicyclic) bond motifs is 1. The number of carbonyl (C=O) groups is 1. The number of anilines is 4. The second-order valence-electron chi connectivity index (χ2n) is 9.67. The lowest BCUT2D eigenvalue weighted by molar-refractivity contribution is -0.114. The number of carbonyl (C=O) groups excluding carboxylic acids is 1. The molecule has 0 fully saturated rings. The molecular formula is C29H34FN7O2. The van der Waals surface area contributed by atoms with Crippen LogP contribution >= 0.6 is 0 Å². The second kappa shape index (κ2) is 11.5. The van der Waals surface area contributed by atoms with Gasteiger partial charge in [-0.2, -0.15) is 0 Å². The molecule has 0 unspecified atom stereocenters. The van der Waals surface area contributed by atoms with Gasteiger partial charge < -0.3 is 29.7 Å². The molecule has 2 aromatic heterocycles. The summed E-state index contributed by atoms with van der Waals surface area (Å²) in [6, 6.07) is 11.6. The standard InChI is InChI=1S/C29H34FN7O2/c1-18-16-31-29(34-27(18)21-17-37(6)24-11-9-8-10-20(21)24)33-23-14-22(32-28(38)19(2)30)25(15-26(23)39-7)36(5)13-12-35(3)4/h8-11,14-17H,2,12-13H2,1,3-7H3,(H,32,38)(H,31,33,34). The third kappa shape index (κ3) is 6.01. The van der Waals surface area contributed by atoms with E-state index in [-0.39, 0.29) is 0 Å². The molecule has 0 aliphatic heterocycles. The molecule has 39 heavy (non-hydrogen) atoms. The predicted molar refractivity (Wildman–Crippen MR) is 156 cm³/mol. The van der Waals surface area contributed by atoms with Crippen molar-refractivity contribution in [1.82, 2.24) is 19.4 Å². The molecule has 0 atom stereocenters. The molecule has 4 rings (SSSR count). The number of likely N-dealkylation sites (N-methyl/N-ethyl adjacent to an activating group) is 2. The van der Waals surface area contributed by atoms with Crippen LogP contribution in [-0.4, -0.2) is 66.7 Å². The van der Waals surface area contributed by atoms with E-state index in [4.69, 9.17) is 9.72 Å². The van der Waals surface area contributed by atoms with Gasteiger partial charge in [0.25, 0.3) is 5.91 Å². The maximum Gasteiger partial charge on any atom is 0.283 e. The van der Waals surface area contributed by atoms with Gasteiger partial charge in [-0.1, -0.05) is 24.8 Å². The second-order valence-corrected chi connectivity index (χ2v) is 9.67. The third-order valence-corrected chi connectivity index (χ3v) is 6.48. The molecule has 0 aliphatic carbocycles. The molecule has 0 bridgehead atoms. The Bertz CT molecular complexity index is 1530. The molecule has 2 aromatic carbocycles. The first-order valence-electron chi connectivity index (χ1n) is 12.5. The van der Waals surface area contributed by atoms with E-state index in [1.54, 1.807) is 25.4 Å². The molecule has 10 heteroatoms. The molecule has 0 saturated carbocycles. The van der Waals surface area contributed by atoms with E-state index in [0.717, 1.165) is 34.3 Å². The number of benzene rings is 2. The van der Waals surface area contributed by atoms with Crippen LogP contribution in [-0.2, 0) is 11.8 Å². The van der Waals surface area contributed by atoms with Crippen LogP contribution in [0, 0.1) is 6.92 Å². The van der Waals surface area contributed by atoms with Crippen molar-refractivity contribution < 1.29 is 13.9 Å². The number of ether oxygens (including phenoxy) is 1. The molecule has 0 spiro atoms. The highest BCUT2D eigenvalue weighted by Gasteiger charge is 2.19. The van der Waals surface area contributed by atoms with Crippen molar-refractivity contribution in [2.24, 2.45) is 7.05 Å². The summed E-state index contributed by atoms with van der Waals surface area (Å²) < 4.78 is 21.4. The fourth-order valence-electron chi connectivity index (χ4n) is 4.34. The van der Waals surface area contributed by atoms with E-state index in [9.17, 15) is 9.18 Å². The topological polar surface area (TPSA) is 87.5 Å². The zero-order valence-electron chi connectivity index (χ0n) is 23.2. The maximum atomic E-state index is 13.6. The highest BCUT2D eigenvalue weighted by molar-refractivity contribution is 6.04. The van der Waals surface area contributed by atoms with Gasteiger partial charge in [0, 0.05) is 62.1 Å². The number of rotatable bonds is 10. The fraction of sp³-hybridized carbons (Fsp3) is 0.276. The van der Waals surface area contributed by atoms with Crippen molar-refractivity contribution >= 4 is 39.8 Å². The van der Waals surface area contributed by atoms with Gasteiger partial charge in [-0.3, -0.25) is 4.79 Å². The molecule has 2 heterocycles. The number of aryl methyl sites for hydroxylation is 2. The Hall–Kier alpha value is -4.44. The van der Waals surface area contributed by atoms with E-state index in [0.29, 0.717) is 35.3 Å². The smallest absolute Gasteiger partial charge is 0.283 e. The highest BCUT2D eigenvalue weighted by atomic mass is 19.1. The number of aromatic nitrogens is 3. The van der Waals surface area contributed by atoms with Crippen molar-refractivity contribution in [3.8, 4) is 17.0 Å². The average molecular weight is 532 g/mol. The number of amides is 1. The summed E-state index contributed by atoms with van der Waals surface area (Å²) in [5.74, 6) is -1.14. The van der Waals surface area contributed by atoms with E-state index >= 15 is 0 Å². The van der Waals surface area contributed by atoms with Crippen molar-refractivity contribution in [3.05, 3.63) is 66.8 Å². The first kappa shape index (κ1) is 27.6. The fourth-order valence-corrected chi connectivity index (χ4v) is 4.34. The summed E-state index contributed by atoms with van der Waals surface area (Å²) in [4.78, 5) is 25.6. The van der Waals surface area contributed by atoms with Gasteiger partial charge in [0.2, 0.25) is 5.95 Å². The van der Waals surface area contributed by atoms with E-state index in [1.807, 2.05) is 57.0 Å². The number of hydrogen-bond acceptors (Lipinski definition) is 7. The Morgan fingerprint density at radius 3 is 2.59 bits per heavy atom. The van der Waals surface area contributed by atoms with E-state index in [1.165, 1.54) is 0 Å². The Balaban J connectivity index is 1.75. The van der Waals surface area contributed by atoms with Gasteiger partial charge in [-0.05, 0) is 38.7 Å². The summed E-state index contributed by atoms with van der Waals surface area (Å²) in [5, 5.41) is 6.93. The van der Waals surface area contributed by atoms with Gasteiger partial charge in [0.1, 0.15) is 5.75 Å². The molecule has 9 nitrogen and oxygen atoms in total. The largest absolute Gasteiger partial charge is 0.494 e. The summed E-state index contributed by atoms with van der Waals surface area (Å²) in [7, 11) is 9.41. The summed E-state index contributed by atoms with van der Waals surface area (Å²) in [6.45, 7) is 6.53. The van der Waals surface area contributed by atoms with Crippen LogP contribution in [0.1, 0.15) is 5.56 Å². The number of hydrogen-bond donors (Lipinski definition) is 2. The lowest BCUT2D eigenvalue weighted by Gasteiger charge is -2.26. The average Bonchev–Trinajstić information content (AvgIpc) is 3.24. The number of halogens is 1. The van der Waals surface area contributed by atoms with Crippen LogP contribution < -0.4 is 20.3 Å². The zero-order valence-corrected chi connectivity index (χ0v) is 23.2. The predicted octanol–water partition coefficient (Wildman–Crippen LogP) is 5.12. The SMILES string of the molecule is C=C(F)C(=O)Nc1cc(Nc2ncc(C)c(-c3cn(C)c4ccccc34)n2)c(OC)cc1N(C)CCN(C)C. The first-order valence-corrected chi connectivity index (χ1v) is 12.5. The van der Waals surface area contributed by atoms with Crippen molar-refractivity contribution in [3.63, 3.8) is 0 Å². The minimum Gasteiger partial charge on any atom is -0.494 e. The Morgan fingerprint density at radius 1 is 1.15 bits per heavy atom. The van der Waals surface area contributed by atoms with Crippen LogP contribution in [0.5, 0.6) is 5.75 Å². The number of methoxy groups -OCH3 is 1. The Morgan fingerprint density at radius 2 is 1.90 bits per heavy atom. The van der Waals surface area contributed by atoms with Gasteiger partial charge in [-0.15, -0.1) is 0 Å². The van der Waals surface area contributed by atoms with E-state index in [2.05, 4.69) is 45.1 Å². The summed E-state index contributed by atoms with van der Waals surface area (Å²) in [6.07, 6.45) is 3.82. The molecule has 0 aliphatic rings. The number of para-hydroxylation sites is 1. The van der Waals surface area contributed by atoms with E-state index < -0.39 is 11.7 Å². The van der Waals surface area contributed by atoms with Gasteiger partial charge in [0.15, 0.2) is 5.83 Å².